The van der Waals surface area contributed by atoms with Gasteiger partial charge in [-0.3, -0.25) is 4.79 Å². The van der Waals surface area contributed by atoms with Crippen LogP contribution in [0.5, 0.6) is 0 Å². The number of rotatable bonds is 4. The van der Waals surface area contributed by atoms with Gasteiger partial charge in [-0.05, 0) is 25.8 Å². The van der Waals surface area contributed by atoms with Crippen molar-refractivity contribution >= 4 is 5.82 Å². The Morgan fingerprint density at radius 2 is 1.88 bits per heavy atom. The molecule has 2 aliphatic rings. The van der Waals surface area contributed by atoms with Crippen LogP contribution in [0.1, 0.15) is 56.7 Å². The molecule has 2 aromatic heterocycles. The molecule has 6 nitrogen and oxygen atoms in total. The number of anilines is 1. The number of nitrogens with zero attached hydrogens (tertiary/aromatic N) is 5. The Balaban J connectivity index is 1.44. The zero-order valence-electron chi connectivity index (χ0n) is 16.1. The van der Waals surface area contributed by atoms with E-state index in [-0.39, 0.29) is 11.0 Å². The second kappa shape index (κ2) is 6.18. The maximum absolute atomic E-state index is 12.2. The van der Waals surface area contributed by atoms with E-state index in [0.717, 1.165) is 36.1 Å². The van der Waals surface area contributed by atoms with Crippen molar-refractivity contribution in [1.82, 2.24) is 19.7 Å². The SMILES string of the molecule is Cc1cc(N2CC(Cn3nc(C(C)(C)C)ccc3=O)C2)nc(C2CC2)n1. The van der Waals surface area contributed by atoms with E-state index in [4.69, 9.17) is 4.98 Å². The maximum Gasteiger partial charge on any atom is 0.266 e. The molecule has 0 bridgehead atoms. The van der Waals surface area contributed by atoms with E-state index in [1.807, 2.05) is 13.0 Å². The topological polar surface area (TPSA) is 63.9 Å². The summed E-state index contributed by atoms with van der Waals surface area (Å²) in [6.07, 6.45) is 2.43. The first-order chi connectivity index (χ1) is 12.3. The van der Waals surface area contributed by atoms with Gasteiger partial charge >= 0.3 is 0 Å². The lowest BCUT2D eigenvalue weighted by molar-refractivity contribution is 0.327. The molecule has 0 aromatic carbocycles. The molecular weight excluding hydrogens is 326 g/mol. The Morgan fingerprint density at radius 3 is 2.54 bits per heavy atom. The molecule has 1 saturated carbocycles. The smallest absolute Gasteiger partial charge is 0.266 e. The first kappa shape index (κ1) is 17.2. The van der Waals surface area contributed by atoms with E-state index in [0.29, 0.717) is 18.4 Å². The summed E-state index contributed by atoms with van der Waals surface area (Å²) in [6.45, 7) is 10.9. The Hall–Kier alpha value is -2.24. The Labute approximate surface area is 154 Å². The van der Waals surface area contributed by atoms with Gasteiger partial charge in [-0.2, -0.15) is 5.10 Å². The highest BCUT2D eigenvalue weighted by molar-refractivity contribution is 5.43. The molecule has 4 rings (SSSR count). The van der Waals surface area contributed by atoms with Gasteiger partial charge in [0.2, 0.25) is 0 Å². The van der Waals surface area contributed by atoms with Gasteiger partial charge in [-0.25, -0.2) is 14.6 Å². The molecule has 2 aromatic rings. The van der Waals surface area contributed by atoms with E-state index in [2.05, 4.69) is 41.8 Å². The normalized spacial score (nSPS) is 18.1. The molecule has 1 aliphatic heterocycles. The van der Waals surface area contributed by atoms with E-state index < -0.39 is 0 Å². The predicted octanol–water partition coefficient (Wildman–Crippen LogP) is 2.65. The molecule has 3 heterocycles. The van der Waals surface area contributed by atoms with Crippen molar-refractivity contribution in [3.8, 4) is 0 Å². The molecule has 1 aliphatic carbocycles. The van der Waals surface area contributed by atoms with E-state index in [9.17, 15) is 4.79 Å². The average molecular weight is 353 g/mol. The van der Waals surface area contributed by atoms with Crippen molar-refractivity contribution in [3.63, 3.8) is 0 Å². The van der Waals surface area contributed by atoms with Gasteiger partial charge in [-0.1, -0.05) is 20.8 Å². The van der Waals surface area contributed by atoms with Gasteiger partial charge in [0.25, 0.3) is 5.56 Å². The fourth-order valence-corrected chi connectivity index (χ4v) is 3.36. The zero-order chi connectivity index (χ0) is 18.5. The van der Waals surface area contributed by atoms with Crippen LogP contribution in [-0.4, -0.2) is 32.8 Å². The quantitative estimate of drug-likeness (QED) is 0.845. The highest BCUT2D eigenvalue weighted by Gasteiger charge is 2.32. The van der Waals surface area contributed by atoms with Crippen LogP contribution < -0.4 is 10.5 Å². The van der Waals surface area contributed by atoms with Crippen molar-refractivity contribution in [2.75, 3.05) is 18.0 Å². The summed E-state index contributed by atoms with van der Waals surface area (Å²) in [5.41, 5.74) is 1.91. The second-order valence-corrected chi connectivity index (χ2v) is 8.76. The van der Waals surface area contributed by atoms with Crippen LogP contribution >= 0.6 is 0 Å². The van der Waals surface area contributed by atoms with Crippen molar-refractivity contribution in [2.24, 2.45) is 5.92 Å². The number of aromatic nitrogens is 4. The van der Waals surface area contributed by atoms with Gasteiger partial charge in [-0.15, -0.1) is 0 Å². The summed E-state index contributed by atoms with van der Waals surface area (Å²) in [6, 6.07) is 5.54. The minimum absolute atomic E-state index is 0.0228. The molecule has 0 N–H and O–H groups in total. The average Bonchev–Trinajstić information content (AvgIpc) is 3.35. The minimum atomic E-state index is -0.0568. The predicted molar refractivity (Wildman–Crippen MR) is 102 cm³/mol. The van der Waals surface area contributed by atoms with Crippen LogP contribution in [0, 0.1) is 12.8 Å². The van der Waals surface area contributed by atoms with Crippen molar-refractivity contribution < 1.29 is 0 Å². The second-order valence-electron chi connectivity index (χ2n) is 8.76. The van der Waals surface area contributed by atoms with Gasteiger partial charge in [0, 0.05) is 48.2 Å². The molecule has 6 heteroatoms. The lowest BCUT2D eigenvalue weighted by Crippen LogP contribution is -2.50. The van der Waals surface area contributed by atoms with Gasteiger partial charge < -0.3 is 4.90 Å². The van der Waals surface area contributed by atoms with Crippen molar-refractivity contribution in [1.29, 1.82) is 0 Å². The van der Waals surface area contributed by atoms with Crippen LogP contribution in [0.4, 0.5) is 5.82 Å². The summed E-state index contributed by atoms with van der Waals surface area (Å²) < 4.78 is 1.63. The third-order valence-corrected chi connectivity index (χ3v) is 5.15. The fraction of sp³-hybridized carbons (Fsp3) is 0.600. The molecule has 26 heavy (non-hydrogen) atoms. The number of aryl methyl sites for hydroxylation is 1. The van der Waals surface area contributed by atoms with E-state index in [1.54, 1.807) is 10.7 Å². The summed E-state index contributed by atoms with van der Waals surface area (Å²) in [4.78, 5) is 23.8. The molecule has 0 radical (unpaired) electrons. The summed E-state index contributed by atoms with van der Waals surface area (Å²) >= 11 is 0. The first-order valence-corrected chi connectivity index (χ1v) is 9.49. The van der Waals surface area contributed by atoms with Gasteiger partial charge in [0.15, 0.2) is 0 Å². The monoisotopic (exact) mass is 353 g/mol. The van der Waals surface area contributed by atoms with Crippen molar-refractivity contribution in [3.05, 3.63) is 45.8 Å². The summed E-state index contributed by atoms with van der Waals surface area (Å²) in [5, 5.41) is 4.58. The largest absolute Gasteiger partial charge is 0.356 e. The van der Waals surface area contributed by atoms with Crippen LogP contribution in [0.15, 0.2) is 23.0 Å². The molecule has 2 fully saturated rings. The van der Waals surface area contributed by atoms with Gasteiger partial charge in [0.1, 0.15) is 11.6 Å². The van der Waals surface area contributed by atoms with Crippen molar-refractivity contribution in [2.45, 2.75) is 58.4 Å². The van der Waals surface area contributed by atoms with Crippen LogP contribution in [0.2, 0.25) is 0 Å². The van der Waals surface area contributed by atoms with Gasteiger partial charge in [0.05, 0.1) is 12.2 Å². The molecular formula is C20H27N5O. The Kier molecular flexibility index (Phi) is 4.09. The lowest BCUT2D eigenvalue weighted by Gasteiger charge is -2.40. The van der Waals surface area contributed by atoms with Crippen LogP contribution in [0.25, 0.3) is 0 Å². The zero-order valence-corrected chi connectivity index (χ0v) is 16.1. The number of hydrogen-bond acceptors (Lipinski definition) is 5. The molecule has 0 atom stereocenters. The highest BCUT2D eigenvalue weighted by atomic mass is 16.1. The fourth-order valence-electron chi connectivity index (χ4n) is 3.36. The molecule has 1 saturated heterocycles. The third kappa shape index (κ3) is 3.50. The lowest BCUT2D eigenvalue weighted by atomic mass is 9.92. The molecule has 0 spiro atoms. The maximum atomic E-state index is 12.2. The molecule has 0 amide bonds. The first-order valence-electron chi connectivity index (χ1n) is 9.49. The Morgan fingerprint density at radius 1 is 1.15 bits per heavy atom. The third-order valence-electron chi connectivity index (χ3n) is 5.15. The Bertz CT molecular complexity index is 873. The number of hydrogen-bond donors (Lipinski definition) is 0. The molecule has 0 unspecified atom stereocenters. The van der Waals surface area contributed by atoms with E-state index >= 15 is 0 Å². The van der Waals surface area contributed by atoms with Crippen LogP contribution in [0.3, 0.4) is 0 Å². The summed E-state index contributed by atoms with van der Waals surface area (Å²) in [5.74, 6) is 3.02. The summed E-state index contributed by atoms with van der Waals surface area (Å²) in [7, 11) is 0. The highest BCUT2D eigenvalue weighted by Crippen LogP contribution is 2.39. The standard InChI is InChI=1S/C20H27N5O/c1-13-9-17(22-19(21-13)15-5-6-15)24-10-14(11-24)12-25-18(26)8-7-16(23-25)20(2,3)4/h7-9,14-15H,5-6,10-12H2,1-4H3. The molecule has 138 valence electrons. The minimum Gasteiger partial charge on any atom is -0.356 e. The van der Waals surface area contributed by atoms with Crippen LogP contribution in [-0.2, 0) is 12.0 Å². The van der Waals surface area contributed by atoms with E-state index in [1.165, 1.54) is 12.8 Å².